The molecule has 7 atom stereocenters. The predicted octanol–water partition coefficient (Wildman–Crippen LogP) is -11.2. The van der Waals surface area contributed by atoms with Gasteiger partial charge in [-0.3, -0.25) is 82.9 Å². The number of rotatable bonds is 53. The van der Waals surface area contributed by atoms with Crippen LogP contribution in [0.3, 0.4) is 0 Å². The van der Waals surface area contributed by atoms with Crippen molar-refractivity contribution in [2.75, 3.05) is 65.4 Å². The van der Waals surface area contributed by atoms with E-state index in [9.17, 15) is 47.9 Å². The summed E-state index contributed by atoms with van der Waals surface area (Å²) in [5.41, 5.74) is 87.8. The van der Waals surface area contributed by atoms with Crippen LogP contribution < -0.4 is 140 Å². The van der Waals surface area contributed by atoms with Crippen molar-refractivity contribution in [3.63, 3.8) is 0 Å². The number of carbonyl (C=O) groups excluding carboxylic acids is 10. The molecule has 42 heteroatoms. The van der Waals surface area contributed by atoms with E-state index in [4.69, 9.17) is 91.7 Å². The van der Waals surface area contributed by atoms with Gasteiger partial charge in [0.15, 0.2) is 41.7 Å². The number of carbonyl (C=O) groups is 10. The normalized spacial score (nSPS) is 12.8. The molecule has 544 valence electrons. The van der Waals surface area contributed by atoms with E-state index in [0.717, 1.165) is 0 Å². The number of nitrogens with two attached hydrogens (primary N) is 16. The van der Waals surface area contributed by atoms with Crippen molar-refractivity contribution in [3.8, 4) is 0 Å². The lowest BCUT2D eigenvalue weighted by atomic mass is 10.1. The first-order chi connectivity index (χ1) is 45.4. The maximum atomic E-state index is 14.1. The molecule has 0 aliphatic carbocycles. The van der Waals surface area contributed by atoms with Crippen LogP contribution in [0.4, 0.5) is 0 Å². The Labute approximate surface area is 557 Å². The fourth-order valence-corrected chi connectivity index (χ4v) is 8.68. The van der Waals surface area contributed by atoms with E-state index < -0.39 is 101 Å². The van der Waals surface area contributed by atoms with Crippen molar-refractivity contribution < 1.29 is 47.9 Å². The standard InChI is InChI=1S/C54H108N32O10/c55-31(11-1-24-74-48(57)58)42(91)71-21-8-18-38(87)82-36(16-6-29-79-53(67)68)46(95)85-33(13-3-26-76-50(61)62)44(93)73-23-10-20-40(89)83-37(17-7-30-80-54(69)70)47(96)86-34(14-4-27-77-51(63)64)43(92)72-22-9-19-39(88)81-35(15-5-28-78-52(65)66)45(94)84-32(41(56)90)12-2-25-75-49(59)60/h31-37H,1-30,55H2,(H2,56,90)(H,71,91)(H,72,92)(H,73,93)(H,81,88)(H,82,87)(H,83,89)(H,84,94)(H,85,95)(H,86,96)(H4,57,58,74)(H4,59,60,75)(H4,61,62,76)(H4,63,64,77)(H4,65,66,78)(H4,67,68,79)(H4,69,70,80)/t31-,32-,33-,34-,35-,36-,37-/m0/s1. The summed E-state index contributed by atoms with van der Waals surface area (Å²) in [4.78, 5) is 161. The second-order valence-corrected chi connectivity index (χ2v) is 21.9. The zero-order chi connectivity index (χ0) is 72.4. The number of primary amides is 1. The Balaban J connectivity index is 6.19. The molecule has 41 N–H and O–H groups in total. The molecular weight excluding hydrogens is 1260 g/mol. The maximum Gasteiger partial charge on any atom is 0.243 e. The van der Waals surface area contributed by atoms with Crippen LogP contribution in [0.1, 0.15) is 128 Å². The summed E-state index contributed by atoms with van der Waals surface area (Å²) in [6.07, 6.45) is 2.18. The molecule has 0 bridgehead atoms. The van der Waals surface area contributed by atoms with Gasteiger partial charge in [-0.25, -0.2) is 0 Å². The molecule has 0 aliphatic rings. The summed E-state index contributed by atoms with van der Waals surface area (Å²) >= 11 is 0. The second-order valence-electron chi connectivity index (χ2n) is 21.9. The highest BCUT2D eigenvalue weighted by Crippen LogP contribution is 2.09. The highest BCUT2D eigenvalue weighted by molar-refractivity contribution is 5.94. The molecule has 0 fully saturated rings. The zero-order valence-corrected chi connectivity index (χ0v) is 54.7. The van der Waals surface area contributed by atoms with Gasteiger partial charge in [-0.1, -0.05) is 0 Å². The summed E-state index contributed by atoms with van der Waals surface area (Å²) in [6.45, 7) is 0.864. The van der Waals surface area contributed by atoms with E-state index in [0.29, 0.717) is 25.8 Å². The van der Waals surface area contributed by atoms with E-state index in [1.54, 1.807) is 0 Å². The lowest BCUT2D eigenvalue weighted by molar-refractivity contribution is -0.132. The van der Waals surface area contributed by atoms with Crippen LogP contribution in [0.25, 0.3) is 0 Å². The topological polar surface area (TPSA) is 782 Å². The minimum absolute atomic E-state index is 0.00671. The molecule has 0 aromatic heterocycles. The van der Waals surface area contributed by atoms with Crippen LogP contribution in [-0.2, 0) is 47.9 Å². The van der Waals surface area contributed by atoms with E-state index in [2.05, 4.69) is 82.8 Å². The van der Waals surface area contributed by atoms with E-state index in [1.807, 2.05) is 0 Å². The summed E-state index contributed by atoms with van der Waals surface area (Å²) in [5, 5.41) is 24.0. The van der Waals surface area contributed by atoms with E-state index >= 15 is 0 Å². The lowest BCUT2D eigenvalue weighted by Gasteiger charge is -2.24. The Morgan fingerprint density at radius 1 is 0.250 bits per heavy atom. The third kappa shape index (κ3) is 45.8. The molecule has 0 rings (SSSR count). The van der Waals surface area contributed by atoms with E-state index in [-0.39, 0.29) is 210 Å². The van der Waals surface area contributed by atoms with Gasteiger partial charge in [0, 0.05) is 84.7 Å². The second kappa shape index (κ2) is 51.0. The number of hydrogen-bond acceptors (Lipinski definition) is 18. The summed E-state index contributed by atoms with van der Waals surface area (Å²) in [5.74, 6) is -7.74. The monoisotopic (exact) mass is 1360 g/mol. The lowest BCUT2D eigenvalue weighted by Crippen LogP contribution is -2.54. The van der Waals surface area contributed by atoms with Gasteiger partial charge in [-0.05, 0) is 109 Å². The summed E-state index contributed by atoms with van der Waals surface area (Å²) < 4.78 is 0. The Bertz CT molecular complexity index is 2640. The Morgan fingerprint density at radius 2 is 0.458 bits per heavy atom. The van der Waals surface area contributed by atoms with Gasteiger partial charge in [0.1, 0.15) is 36.3 Å². The summed E-state index contributed by atoms with van der Waals surface area (Å²) in [7, 11) is 0. The number of hydrogen-bond donors (Lipinski definition) is 25. The van der Waals surface area contributed by atoms with Gasteiger partial charge < -0.3 is 140 Å². The fourth-order valence-electron chi connectivity index (χ4n) is 8.68. The van der Waals surface area contributed by atoms with Gasteiger partial charge in [0.05, 0.1) is 6.04 Å². The molecule has 0 aromatic rings. The minimum atomic E-state index is -1.24. The quantitative estimate of drug-likeness (QED) is 0.0153. The number of guanidine groups is 7. The Hall–Kier alpha value is -10.4. The molecule has 96 heavy (non-hydrogen) atoms. The van der Waals surface area contributed by atoms with Crippen molar-refractivity contribution >= 4 is 101 Å². The molecule has 0 aromatic carbocycles. The molecule has 0 heterocycles. The van der Waals surface area contributed by atoms with Crippen LogP contribution in [0.2, 0.25) is 0 Å². The van der Waals surface area contributed by atoms with Crippen LogP contribution in [0, 0.1) is 0 Å². The SMILES string of the molecule is NC(=O)[C@H](CCCN=C(N)N)NC(=O)[C@H](CCCN=C(N)N)NC(=O)CCCNC(=O)[C@H](CCCN=C(N)N)NC(=O)[C@H](CCCN=C(N)N)NC(=O)CCCNC(=O)[C@H](CCCN=C(N)N)NC(=O)[C@H](CCCN=C(N)N)NC(=O)CCCNC(=O)[C@@H](N)CCCN=C(N)N. The molecule has 0 saturated heterocycles. The van der Waals surface area contributed by atoms with E-state index in [1.165, 1.54) is 0 Å². The van der Waals surface area contributed by atoms with Crippen molar-refractivity contribution in [1.29, 1.82) is 0 Å². The number of nitrogens with zero attached hydrogens (tertiary/aromatic N) is 7. The average molecular weight is 1370 g/mol. The predicted molar refractivity (Wildman–Crippen MR) is 365 cm³/mol. The molecule has 0 aliphatic heterocycles. The molecular formula is C54H108N32O10. The summed E-state index contributed by atoms with van der Waals surface area (Å²) in [6, 6.07) is -7.92. The first kappa shape index (κ1) is 85.5. The smallest absolute Gasteiger partial charge is 0.243 e. The van der Waals surface area contributed by atoms with Crippen molar-refractivity contribution in [1.82, 2.24) is 47.9 Å². The molecule has 0 unspecified atom stereocenters. The zero-order valence-electron chi connectivity index (χ0n) is 54.7. The van der Waals surface area contributed by atoms with Gasteiger partial charge in [0.25, 0.3) is 0 Å². The van der Waals surface area contributed by atoms with Crippen LogP contribution in [-0.4, -0.2) is 209 Å². The van der Waals surface area contributed by atoms with Crippen molar-refractivity contribution in [3.05, 3.63) is 0 Å². The maximum absolute atomic E-state index is 14.1. The van der Waals surface area contributed by atoms with Crippen molar-refractivity contribution in [2.45, 2.75) is 171 Å². The number of aliphatic imine (C=N–C) groups is 7. The van der Waals surface area contributed by atoms with Crippen molar-refractivity contribution in [2.24, 2.45) is 127 Å². The van der Waals surface area contributed by atoms with Crippen LogP contribution >= 0.6 is 0 Å². The highest BCUT2D eigenvalue weighted by Gasteiger charge is 2.30. The Kier molecular flexibility index (Phi) is 45.5. The van der Waals surface area contributed by atoms with Gasteiger partial charge in [0.2, 0.25) is 59.1 Å². The van der Waals surface area contributed by atoms with Crippen LogP contribution in [0.5, 0.6) is 0 Å². The molecule has 42 nitrogen and oxygen atoms in total. The third-order valence-corrected chi connectivity index (χ3v) is 13.5. The van der Waals surface area contributed by atoms with Crippen LogP contribution in [0.15, 0.2) is 34.9 Å². The first-order valence-corrected chi connectivity index (χ1v) is 31.5. The number of amides is 10. The molecule has 0 spiro atoms. The first-order valence-electron chi connectivity index (χ1n) is 31.5. The molecule has 0 radical (unpaired) electrons. The highest BCUT2D eigenvalue weighted by atomic mass is 16.2. The third-order valence-electron chi connectivity index (χ3n) is 13.5. The minimum Gasteiger partial charge on any atom is -0.370 e. The fraction of sp³-hybridized carbons (Fsp3) is 0.685. The van der Waals surface area contributed by atoms with Gasteiger partial charge in [-0.2, -0.15) is 0 Å². The van der Waals surface area contributed by atoms with Gasteiger partial charge >= 0.3 is 0 Å². The Morgan fingerprint density at radius 3 is 0.698 bits per heavy atom. The largest absolute Gasteiger partial charge is 0.370 e. The number of nitrogens with one attached hydrogen (secondary N) is 9. The average Bonchev–Trinajstić information content (AvgIpc) is 1.45. The van der Waals surface area contributed by atoms with Gasteiger partial charge in [-0.15, -0.1) is 0 Å². The molecule has 0 saturated carbocycles. The molecule has 10 amide bonds.